The molecular formula is C23H21F3N4O2. The van der Waals surface area contributed by atoms with Crippen LogP contribution in [0.2, 0.25) is 0 Å². The van der Waals surface area contributed by atoms with Crippen molar-refractivity contribution in [3.05, 3.63) is 66.0 Å². The quantitative estimate of drug-likeness (QED) is 0.610. The third-order valence-electron chi connectivity index (χ3n) is 6.16. The normalized spacial score (nSPS) is 20.9. The maximum Gasteiger partial charge on any atom is 0.416 e. The van der Waals surface area contributed by atoms with Crippen molar-refractivity contribution in [3.63, 3.8) is 0 Å². The number of likely N-dealkylation sites (tertiary alicyclic amines) is 1. The maximum absolute atomic E-state index is 13.3. The molecule has 1 aromatic heterocycles. The van der Waals surface area contributed by atoms with Gasteiger partial charge in [-0.05, 0) is 31.0 Å². The molecule has 9 heteroatoms. The van der Waals surface area contributed by atoms with E-state index in [1.165, 1.54) is 16.8 Å². The molecular weight excluding hydrogens is 421 g/mol. The Kier molecular flexibility index (Phi) is 5.00. The summed E-state index contributed by atoms with van der Waals surface area (Å²) in [5.41, 5.74) is 0.0348. The largest absolute Gasteiger partial charge is 0.416 e. The first-order valence-corrected chi connectivity index (χ1v) is 10.4. The van der Waals surface area contributed by atoms with Crippen LogP contribution in [0.15, 0.2) is 54.6 Å². The summed E-state index contributed by atoms with van der Waals surface area (Å²) in [5.74, 6) is -0.0414. The van der Waals surface area contributed by atoms with Gasteiger partial charge in [-0.1, -0.05) is 36.4 Å². The van der Waals surface area contributed by atoms with Gasteiger partial charge in [0.1, 0.15) is 0 Å². The number of rotatable bonds is 3. The van der Waals surface area contributed by atoms with E-state index in [0.29, 0.717) is 37.7 Å². The Labute approximate surface area is 182 Å². The minimum absolute atomic E-state index is 0.0124. The van der Waals surface area contributed by atoms with Crippen LogP contribution in [0.1, 0.15) is 29.0 Å². The Hall–Kier alpha value is -3.20. The van der Waals surface area contributed by atoms with Crippen molar-refractivity contribution in [2.75, 3.05) is 26.3 Å². The lowest BCUT2D eigenvalue weighted by Crippen LogP contribution is -2.33. The summed E-state index contributed by atoms with van der Waals surface area (Å²) in [6.07, 6.45) is -2.72. The van der Waals surface area contributed by atoms with Crippen molar-refractivity contribution in [2.24, 2.45) is 5.41 Å². The minimum atomic E-state index is -4.49. The van der Waals surface area contributed by atoms with Crippen LogP contribution in [0.5, 0.6) is 0 Å². The van der Waals surface area contributed by atoms with Gasteiger partial charge in [-0.3, -0.25) is 4.79 Å². The van der Waals surface area contributed by atoms with Gasteiger partial charge in [-0.2, -0.15) is 13.2 Å². The van der Waals surface area contributed by atoms with E-state index in [-0.39, 0.29) is 22.8 Å². The molecule has 1 amide bonds. The van der Waals surface area contributed by atoms with Crippen molar-refractivity contribution >= 4 is 5.91 Å². The first kappa shape index (κ1) is 20.7. The molecule has 5 rings (SSSR count). The highest BCUT2D eigenvalue weighted by molar-refractivity contribution is 5.91. The first-order valence-electron chi connectivity index (χ1n) is 10.4. The van der Waals surface area contributed by atoms with Crippen molar-refractivity contribution in [1.82, 2.24) is 19.7 Å². The summed E-state index contributed by atoms with van der Waals surface area (Å²) in [7, 11) is 0. The number of amides is 1. The zero-order valence-corrected chi connectivity index (χ0v) is 17.2. The summed E-state index contributed by atoms with van der Waals surface area (Å²) in [6, 6.07) is 13.8. The van der Waals surface area contributed by atoms with Crippen LogP contribution in [-0.4, -0.2) is 51.9 Å². The van der Waals surface area contributed by atoms with Crippen LogP contribution >= 0.6 is 0 Å². The predicted octanol–water partition coefficient (Wildman–Crippen LogP) is 4.21. The Bertz CT molecular complexity index is 1140. The molecule has 2 fully saturated rings. The molecule has 0 radical (unpaired) electrons. The molecule has 2 aliphatic rings. The van der Waals surface area contributed by atoms with E-state index in [0.717, 1.165) is 25.0 Å². The van der Waals surface area contributed by atoms with Crippen LogP contribution in [0, 0.1) is 5.41 Å². The monoisotopic (exact) mass is 442 g/mol. The van der Waals surface area contributed by atoms with Gasteiger partial charge >= 0.3 is 6.18 Å². The number of nitrogens with zero attached hydrogens (tertiary/aromatic N) is 4. The molecule has 1 atom stereocenters. The molecule has 1 spiro atoms. The average Bonchev–Trinajstić information content (AvgIpc) is 3.54. The van der Waals surface area contributed by atoms with Gasteiger partial charge in [-0.15, -0.1) is 5.10 Å². The van der Waals surface area contributed by atoms with E-state index in [4.69, 9.17) is 4.74 Å². The standard InChI is InChI=1S/C23H21F3N4O2/c24-23(25,26)17-7-4-8-18(13-17)30-20(16-5-2-1-3-6-16)27-19(28-30)21(31)29-11-9-22(14-29)10-12-32-15-22/h1-8,13H,9-12,14-15H2. The van der Waals surface area contributed by atoms with Crippen molar-refractivity contribution in [2.45, 2.75) is 19.0 Å². The second kappa shape index (κ2) is 7.74. The number of carbonyl (C=O) groups excluding carboxylic acids is 1. The van der Waals surface area contributed by atoms with E-state index in [1.54, 1.807) is 29.2 Å². The number of halogens is 3. The smallest absolute Gasteiger partial charge is 0.381 e. The second-order valence-electron chi connectivity index (χ2n) is 8.36. The van der Waals surface area contributed by atoms with E-state index >= 15 is 0 Å². The molecule has 2 aromatic carbocycles. The van der Waals surface area contributed by atoms with Gasteiger partial charge in [0.2, 0.25) is 5.82 Å². The maximum atomic E-state index is 13.3. The number of alkyl halides is 3. The number of carbonyl (C=O) groups is 1. The Balaban J connectivity index is 1.53. The molecule has 0 aliphatic carbocycles. The molecule has 32 heavy (non-hydrogen) atoms. The fourth-order valence-corrected chi connectivity index (χ4v) is 4.39. The number of aromatic nitrogens is 3. The SMILES string of the molecule is O=C(c1nc(-c2ccccc2)n(-c2cccc(C(F)(F)F)c2)n1)N1CCC2(CCOC2)C1. The zero-order valence-electron chi connectivity index (χ0n) is 17.2. The highest BCUT2D eigenvalue weighted by Gasteiger charge is 2.43. The van der Waals surface area contributed by atoms with Crippen molar-refractivity contribution < 1.29 is 22.7 Å². The van der Waals surface area contributed by atoms with Crippen LogP contribution in [0.3, 0.4) is 0 Å². The van der Waals surface area contributed by atoms with Gasteiger partial charge < -0.3 is 9.64 Å². The fraction of sp³-hybridized carbons (Fsp3) is 0.348. The Morgan fingerprint density at radius 3 is 2.59 bits per heavy atom. The number of hydrogen-bond acceptors (Lipinski definition) is 4. The molecule has 3 aromatic rings. The zero-order chi connectivity index (χ0) is 22.3. The van der Waals surface area contributed by atoms with Crippen LogP contribution in [0.4, 0.5) is 13.2 Å². The fourth-order valence-electron chi connectivity index (χ4n) is 4.39. The van der Waals surface area contributed by atoms with E-state index < -0.39 is 11.7 Å². The first-order chi connectivity index (χ1) is 15.3. The van der Waals surface area contributed by atoms with Crippen LogP contribution in [-0.2, 0) is 10.9 Å². The highest BCUT2D eigenvalue weighted by Crippen LogP contribution is 2.38. The van der Waals surface area contributed by atoms with Gasteiger partial charge in [0, 0.05) is 30.7 Å². The lowest BCUT2D eigenvalue weighted by molar-refractivity contribution is -0.137. The number of benzene rings is 2. The summed E-state index contributed by atoms with van der Waals surface area (Å²) in [6.45, 7) is 2.49. The van der Waals surface area contributed by atoms with Gasteiger partial charge in [-0.25, -0.2) is 9.67 Å². The molecule has 0 N–H and O–H groups in total. The topological polar surface area (TPSA) is 60.2 Å². The van der Waals surface area contributed by atoms with Gasteiger partial charge in [0.25, 0.3) is 5.91 Å². The molecule has 3 heterocycles. The van der Waals surface area contributed by atoms with Crippen molar-refractivity contribution in [3.8, 4) is 17.1 Å². The van der Waals surface area contributed by atoms with E-state index in [1.807, 2.05) is 6.07 Å². The summed E-state index contributed by atoms with van der Waals surface area (Å²) >= 11 is 0. The van der Waals surface area contributed by atoms with Crippen molar-refractivity contribution in [1.29, 1.82) is 0 Å². The van der Waals surface area contributed by atoms with E-state index in [2.05, 4.69) is 10.1 Å². The molecule has 2 saturated heterocycles. The summed E-state index contributed by atoms with van der Waals surface area (Å²) < 4.78 is 46.7. The Morgan fingerprint density at radius 1 is 1.06 bits per heavy atom. The lowest BCUT2D eigenvalue weighted by Gasteiger charge is -2.21. The molecule has 6 nitrogen and oxygen atoms in total. The Morgan fingerprint density at radius 2 is 1.88 bits per heavy atom. The average molecular weight is 442 g/mol. The number of ether oxygens (including phenoxy) is 1. The molecule has 0 saturated carbocycles. The van der Waals surface area contributed by atoms with Gasteiger partial charge in [0.05, 0.1) is 17.9 Å². The predicted molar refractivity (Wildman–Crippen MR) is 110 cm³/mol. The van der Waals surface area contributed by atoms with Gasteiger partial charge in [0.15, 0.2) is 5.82 Å². The molecule has 1 unspecified atom stereocenters. The van der Waals surface area contributed by atoms with Crippen LogP contribution < -0.4 is 0 Å². The molecule has 2 aliphatic heterocycles. The summed E-state index contributed by atoms with van der Waals surface area (Å²) in [5, 5.41) is 4.36. The third-order valence-corrected chi connectivity index (χ3v) is 6.16. The van der Waals surface area contributed by atoms with E-state index in [9.17, 15) is 18.0 Å². The van der Waals surface area contributed by atoms with Crippen LogP contribution in [0.25, 0.3) is 17.1 Å². The highest BCUT2D eigenvalue weighted by atomic mass is 19.4. The minimum Gasteiger partial charge on any atom is -0.381 e. The molecule has 0 bridgehead atoms. The summed E-state index contributed by atoms with van der Waals surface area (Å²) in [4.78, 5) is 19.4. The third kappa shape index (κ3) is 3.77. The second-order valence-corrected chi connectivity index (χ2v) is 8.36. The molecule has 166 valence electrons. The number of hydrogen-bond donors (Lipinski definition) is 0. The lowest BCUT2D eigenvalue weighted by atomic mass is 9.87.